The highest BCUT2D eigenvalue weighted by Crippen LogP contribution is 2.18. The predicted molar refractivity (Wildman–Crippen MR) is 77.2 cm³/mol. The van der Waals surface area contributed by atoms with Crippen molar-refractivity contribution in [1.29, 1.82) is 0 Å². The Kier molecular flexibility index (Phi) is 7.82. The summed E-state index contributed by atoms with van der Waals surface area (Å²) in [4.78, 5) is 13.9. The molecule has 0 bridgehead atoms. The molecule has 3 N–H and O–H groups in total. The minimum absolute atomic E-state index is 0.164. The molecular formula is C14H29N3O2. The summed E-state index contributed by atoms with van der Waals surface area (Å²) in [5.41, 5.74) is 0. The molecule has 1 atom stereocenters. The summed E-state index contributed by atoms with van der Waals surface area (Å²) in [7, 11) is 2.16. The fourth-order valence-electron chi connectivity index (χ4n) is 2.45. The van der Waals surface area contributed by atoms with Crippen LogP contribution in [-0.2, 0) is 0 Å². The number of aliphatic hydroxyl groups is 1. The number of piperidine rings is 1. The van der Waals surface area contributed by atoms with Crippen LogP contribution in [0.3, 0.4) is 0 Å². The Morgan fingerprint density at radius 2 is 2.05 bits per heavy atom. The zero-order valence-electron chi connectivity index (χ0n) is 12.3. The summed E-state index contributed by atoms with van der Waals surface area (Å²) in [6, 6.07) is -0.164. The number of carbonyl (C=O) groups is 1. The minimum atomic E-state index is -0.426. The standard InChI is InChI=1S/C14H29N3O2/c1-3-4-13(18)11-16-14(19)15-8-5-12-6-9-17(2)10-7-12/h12-13,18H,3-11H2,1-2H3,(H2,15,16,19). The Bertz CT molecular complexity index is 253. The average molecular weight is 271 g/mol. The second-order valence-corrected chi connectivity index (χ2v) is 5.61. The molecule has 0 spiro atoms. The lowest BCUT2D eigenvalue weighted by Crippen LogP contribution is -2.40. The zero-order chi connectivity index (χ0) is 14.1. The van der Waals surface area contributed by atoms with E-state index in [2.05, 4.69) is 22.6 Å². The van der Waals surface area contributed by atoms with E-state index in [0.717, 1.165) is 31.7 Å². The smallest absolute Gasteiger partial charge is 0.314 e. The van der Waals surface area contributed by atoms with Gasteiger partial charge in [0.15, 0.2) is 0 Å². The zero-order valence-corrected chi connectivity index (χ0v) is 12.3. The molecule has 1 fully saturated rings. The number of amides is 2. The van der Waals surface area contributed by atoms with Crippen LogP contribution in [0.5, 0.6) is 0 Å². The van der Waals surface area contributed by atoms with Gasteiger partial charge >= 0.3 is 6.03 Å². The normalized spacial score (nSPS) is 19.1. The van der Waals surface area contributed by atoms with Gasteiger partial charge in [0.1, 0.15) is 0 Å². The number of hydrogen-bond donors (Lipinski definition) is 3. The Hall–Kier alpha value is -0.810. The molecular weight excluding hydrogens is 242 g/mol. The van der Waals surface area contributed by atoms with Crippen molar-refractivity contribution in [3.05, 3.63) is 0 Å². The lowest BCUT2D eigenvalue weighted by Gasteiger charge is -2.28. The molecule has 1 rings (SSSR count). The molecule has 0 radical (unpaired) electrons. The molecule has 1 aliphatic heterocycles. The lowest BCUT2D eigenvalue weighted by atomic mass is 9.94. The Balaban J connectivity index is 2.01. The van der Waals surface area contributed by atoms with E-state index in [1.807, 2.05) is 6.92 Å². The van der Waals surface area contributed by atoms with Crippen LogP contribution in [0.4, 0.5) is 4.79 Å². The number of nitrogens with zero attached hydrogens (tertiary/aromatic N) is 1. The van der Waals surface area contributed by atoms with Crippen LogP contribution in [0.15, 0.2) is 0 Å². The first-order valence-corrected chi connectivity index (χ1v) is 7.50. The van der Waals surface area contributed by atoms with Gasteiger partial charge in [-0.15, -0.1) is 0 Å². The van der Waals surface area contributed by atoms with Gasteiger partial charge in [-0.3, -0.25) is 0 Å². The first-order chi connectivity index (χ1) is 9.11. The largest absolute Gasteiger partial charge is 0.391 e. The predicted octanol–water partition coefficient (Wildman–Crippen LogP) is 1.18. The van der Waals surface area contributed by atoms with Crippen LogP contribution in [0.2, 0.25) is 0 Å². The third-order valence-electron chi connectivity index (χ3n) is 3.80. The highest BCUT2D eigenvalue weighted by molar-refractivity contribution is 5.73. The van der Waals surface area contributed by atoms with Gasteiger partial charge in [-0.05, 0) is 51.7 Å². The van der Waals surface area contributed by atoms with Crippen molar-refractivity contribution in [2.45, 2.75) is 45.1 Å². The second-order valence-electron chi connectivity index (χ2n) is 5.61. The molecule has 0 saturated carbocycles. The van der Waals surface area contributed by atoms with Crippen LogP contribution in [0.1, 0.15) is 39.0 Å². The van der Waals surface area contributed by atoms with Gasteiger partial charge in [0.05, 0.1) is 6.10 Å². The molecule has 0 aromatic rings. The SMILES string of the molecule is CCCC(O)CNC(=O)NCCC1CCN(C)CC1. The van der Waals surface area contributed by atoms with Crippen molar-refractivity contribution < 1.29 is 9.90 Å². The number of hydrogen-bond acceptors (Lipinski definition) is 3. The van der Waals surface area contributed by atoms with Crippen molar-refractivity contribution in [3.63, 3.8) is 0 Å². The van der Waals surface area contributed by atoms with Crippen LogP contribution in [0, 0.1) is 5.92 Å². The Morgan fingerprint density at radius 3 is 2.68 bits per heavy atom. The fraction of sp³-hybridized carbons (Fsp3) is 0.929. The van der Waals surface area contributed by atoms with E-state index in [1.165, 1.54) is 25.9 Å². The number of carbonyl (C=O) groups excluding carboxylic acids is 1. The number of urea groups is 1. The maximum Gasteiger partial charge on any atom is 0.314 e. The quantitative estimate of drug-likeness (QED) is 0.651. The van der Waals surface area contributed by atoms with E-state index in [1.54, 1.807) is 0 Å². The molecule has 1 unspecified atom stereocenters. The molecule has 0 aromatic heterocycles. The number of aliphatic hydroxyl groups excluding tert-OH is 1. The van der Waals surface area contributed by atoms with Crippen molar-refractivity contribution in [3.8, 4) is 0 Å². The van der Waals surface area contributed by atoms with E-state index in [-0.39, 0.29) is 6.03 Å². The molecule has 1 heterocycles. The summed E-state index contributed by atoms with van der Waals surface area (Å²) in [6.45, 7) is 5.42. The highest BCUT2D eigenvalue weighted by Gasteiger charge is 2.16. The van der Waals surface area contributed by atoms with Crippen molar-refractivity contribution in [1.82, 2.24) is 15.5 Å². The molecule has 19 heavy (non-hydrogen) atoms. The minimum Gasteiger partial charge on any atom is -0.391 e. The number of nitrogens with one attached hydrogen (secondary N) is 2. The molecule has 1 saturated heterocycles. The van der Waals surface area contributed by atoms with Crippen LogP contribution >= 0.6 is 0 Å². The average Bonchev–Trinajstić information content (AvgIpc) is 2.39. The molecule has 0 aliphatic carbocycles. The van der Waals surface area contributed by atoms with E-state index >= 15 is 0 Å². The summed E-state index contributed by atoms with van der Waals surface area (Å²) >= 11 is 0. The van der Waals surface area contributed by atoms with Gasteiger partial charge in [0, 0.05) is 13.1 Å². The Morgan fingerprint density at radius 1 is 1.37 bits per heavy atom. The maximum atomic E-state index is 11.5. The second kappa shape index (κ2) is 9.15. The van der Waals surface area contributed by atoms with Gasteiger partial charge in [-0.2, -0.15) is 0 Å². The van der Waals surface area contributed by atoms with E-state index in [4.69, 9.17) is 0 Å². The summed E-state index contributed by atoms with van der Waals surface area (Å²) < 4.78 is 0. The first-order valence-electron chi connectivity index (χ1n) is 7.50. The summed E-state index contributed by atoms with van der Waals surface area (Å²) in [6.07, 6.45) is 4.75. The number of likely N-dealkylation sites (tertiary alicyclic amines) is 1. The first kappa shape index (κ1) is 16.2. The molecule has 1 aliphatic rings. The van der Waals surface area contributed by atoms with Crippen molar-refractivity contribution >= 4 is 6.03 Å². The van der Waals surface area contributed by atoms with Gasteiger partial charge < -0.3 is 20.6 Å². The lowest BCUT2D eigenvalue weighted by molar-refractivity contribution is 0.160. The van der Waals surface area contributed by atoms with Gasteiger partial charge in [0.25, 0.3) is 0 Å². The monoisotopic (exact) mass is 271 g/mol. The van der Waals surface area contributed by atoms with E-state index in [9.17, 15) is 9.90 Å². The van der Waals surface area contributed by atoms with Gasteiger partial charge in [-0.1, -0.05) is 13.3 Å². The molecule has 5 heteroatoms. The Labute approximate surface area is 116 Å². The third kappa shape index (κ3) is 7.38. The van der Waals surface area contributed by atoms with E-state index in [0.29, 0.717) is 6.54 Å². The molecule has 112 valence electrons. The highest BCUT2D eigenvalue weighted by atomic mass is 16.3. The van der Waals surface area contributed by atoms with Crippen LogP contribution in [0.25, 0.3) is 0 Å². The van der Waals surface area contributed by atoms with Crippen molar-refractivity contribution in [2.24, 2.45) is 5.92 Å². The maximum absolute atomic E-state index is 11.5. The summed E-state index contributed by atoms with van der Waals surface area (Å²) in [5.74, 6) is 0.738. The van der Waals surface area contributed by atoms with Crippen LogP contribution in [-0.4, -0.2) is 55.4 Å². The fourth-order valence-corrected chi connectivity index (χ4v) is 2.45. The van der Waals surface area contributed by atoms with Crippen LogP contribution < -0.4 is 10.6 Å². The summed E-state index contributed by atoms with van der Waals surface area (Å²) in [5, 5.41) is 15.1. The number of rotatable bonds is 7. The molecule has 5 nitrogen and oxygen atoms in total. The van der Waals surface area contributed by atoms with Gasteiger partial charge in [-0.25, -0.2) is 4.79 Å². The third-order valence-corrected chi connectivity index (χ3v) is 3.80. The molecule has 0 aromatic carbocycles. The topological polar surface area (TPSA) is 64.6 Å². The van der Waals surface area contributed by atoms with Gasteiger partial charge in [0.2, 0.25) is 0 Å². The molecule has 2 amide bonds. The van der Waals surface area contributed by atoms with Crippen molar-refractivity contribution in [2.75, 3.05) is 33.2 Å². The van der Waals surface area contributed by atoms with E-state index < -0.39 is 6.10 Å².